The molecule has 0 radical (unpaired) electrons. The molecule has 0 unspecified atom stereocenters. The van der Waals surface area contributed by atoms with Crippen LogP contribution in [0.3, 0.4) is 0 Å². The summed E-state index contributed by atoms with van der Waals surface area (Å²) in [5, 5.41) is 0. The van der Waals surface area contributed by atoms with Crippen LogP contribution in [0.2, 0.25) is 0 Å². The Morgan fingerprint density at radius 3 is 2.38 bits per heavy atom. The number of Topliss-reactive ketones (excluding diaryl/α,β-unsaturated/α-hetero) is 1. The number of benzene rings is 2. The summed E-state index contributed by atoms with van der Waals surface area (Å²) in [7, 11) is 1.37. The minimum atomic E-state index is -0.670. The van der Waals surface area contributed by atoms with Crippen LogP contribution in [-0.4, -0.2) is 25.5 Å². The van der Waals surface area contributed by atoms with Gasteiger partial charge in [0.1, 0.15) is 0 Å². The zero-order chi connectivity index (χ0) is 19.3. The van der Waals surface area contributed by atoms with Gasteiger partial charge < -0.3 is 9.47 Å². The quantitative estimate of drug-likeness (QED) is 0.442. The molecule has 0 spiro atoms. The van der Waals surface area contributed by atoms with Gasteiger partial charge in [-0.25, -0.2) is 9.18 Å². The number of ketones is 1. The first-order valence-corrected chi connectivity index (χ1v) is 8.11. The SMILES string of the molecule is COc1ccc(/C=C/C(=O)OCC(=O)c2cc(C)c(C)cc2C)cc1F. The summed E-state index contributed by atoms with van der Waals surface area (Å²) >= 11 is 0. The van der Waals surface area contributed by atoms with Crippen molar-refractivity contribution >= 4 is 17.8 Å². The molecule has 5 heteroatoms. The first-order chi connectivity index (χ1) is 12.3. The highest BCUT2D eigenvalue weighted by Crippen LogP contribution is 2.18. The zero-order valence-electron chi connectivity index (χ0n) is 15.3. The maximum absolute atomic E-state index is 13.6. The number of carbonyl (C=O) groups is 2. The number of hydrogen-bond donors (Lipinski definition) is 0. The predicted octanol–water partition coefficient (Wildman–Crippen LogP) is 4.20. The van der Waals surface area contributed by atoms with E-state index in [1.165, 1.54) is 25.3 Å². The molecule has 0 N–H and O–H groups in total. The zero-order valence-corrected chi connectivity index (χ0v) is 15.3. The van der Waals surface area contributed by atoms with Gasteiger partial charge in [0, 0.05) is 11.6 Å². The number of halogens is 1. The van der Waals surface area contributed by atoms with Crippen LogP contribution in [0.15, 0.2) is 36.4 Å². The van der Waals surface area contributed by atoms with Crippen molar-refractivity contribution in [2.24, 2.45) is 0 Å². The standard InChI is InChI=1S/C21H21FO4/c1-13-9-15(3)17(10-14(13)2)19(23)12-26-21(24)8-6-16-5-7-20(25-4)18(22)11-16/h5-11H,12H2,1-4H3/b8-6+. The molecule has 2 aromatic carbocycles. The van der Waals surface area contributed by atoms with E-state index < -0.39 is 11.8 Å². The minimum Gasteiger partial charge on any atom is -0.494 e. The van der Waals surface area contributed by atoms with Crippen molar-refractivity contribution in [1.29, 1.82) is 0 Å². The molecule has 0 amide bonds. The molecule has 0 bridgehead atoms. The smallest absolute Gasteiger partial charge is 0.331 e. The molecule has 26 heavy (non-hydrogen) atoms. The van der Waals surface area contributed by atoms with Crippen molar-refractivity contribution < 1.29 is 23.5 Å². The van der Waals surface area contributed by atoms with Gasteiger partial charge in [-0.1, -0.05) is 12.1 Å². The largest absolute Gasteiger partial charge is 0.494 e. The lowest BCUT2D eigenvalue weighted by Gasteiger charge is -2.09. The fraction of sp³-hybridized carbons (Fsp3) is 0.238. The Morgan fingerprint density at radius 2 is 1.73 bits per heavy atom. The topological polar surface area (TPSA) is 52.6 Å². The van der Waals surface area contributed by atoms with Gasteiger partial charge in [0.05, 0.1) is 7.11 Å². The first-order valence-electron chi connectivity index (χ1n) is 8.11. The Hall–Kier alpha value is -2.95. The van der Waals surface area contributed by atoms with E-state index >= 15 is 0 Å². The molecule has 0 aliphatic heterocycles. The maximum atomic E-state index is 13.6. The highest BCUT2D eigenvalue weighted by atomic mass is 19.1. The molecule has 0 heterocycles. The van der Waals surface area contributed by atoms with Crippen molar-refractivity contribution in [3.63, 3.8) is 0 Å². The van der Waals surface area contributed by atoms with Gasteiger partial charge in [-0.3, -0.25) is 4.79 Å². The average molecular weight is 356 g/mol. The van der Waals surface area contributed by atoms with Crippen LogP contribution in [0.1, 0.15) is 32.6 Å². The molecule has 0 atom stereocenters. The molecule has 0 fully saturated rings. The fourth-order valence-electron chi connectivity index (χ4n) is 2.47. The lowest BCUT2D eigenvalue weighted by atomic mass is 9.98. The first kappa shape index (κ1) is 19.4. The van der Waals surface area contributed by atoms with Gasteiger partial charge in [0.25, 0.3) is 0 Å². The molecule has 2 aromatic rings. The second-order valence-corrected chi connectivity index (χ2v) is 6.01. The second-order valence-electron chi connectivity index (χ2n) is 6.01. The highest BCUT2D eigenvalue weighted by molar-refractivity contribution is 6.00. The average Bonchev–Trinajstić information content (AvgIpc) is 2.61. The van der Waals surface area contributed by atoms with Gasteiger partial charge in [0.2, 0.25) is 5.78 Å². The third kappa shape index (κ3) is 4.79. The predicted molar refractivity (Wildman–Crippen MR) is 97.9 cm³/mol. The van der Waals surface area contributed by atoms with Gasteiger partial charge in [-0.15, -0.1) is 0 Å². The van der Waals surface area contributed by atoms with Crippen molar-refractivity contribution in [2.75, 3.05) is 13.7 Å². The van der Waals surface area contributed by atoms with Crippen molar-refractivity contribution in [1.82, 2.24) is 0 Å². The number of carbonyl (C=O) groups excluding carboxylic acids is 2. The molecular formula is C21H21FO4. The van der Waals surface area contributed by atoms with Gasteiger partial charge in [-0.05, 0) is 67.3 Å². The third-order valence-electron chi connectivity index (χ3n) is 4.07. The molecular weight excluding hydrogens is 335 g/mol. The molecule has 136 valence electrons. The molecule has 0 saturated heterocycles. The minimum absolute atomic E-state index is 0.124. The third-order valence-corrected chi connectivity index (χ3v) is 4.07. The summed E-state index contributed by atoms with van der Waals surface area (Å²) < 4.78 is 23.4. The Balaban J connectivity index is 1.97. The summed E-state index contributed by atoms with van der Waals surface area (Å²) in [6.45, 7) is 5.40. The number of rotatable bonds is 6. The van der Waals surface area contributed by atoms with Crippen molar-refractivity contribution in [3.8, 4) is 5.75 Å². The van der Waals surface area contributed by atoms with E-state index in [9.17, 15) is 14.0 Å². The van der Waals surface area contributed by atoms with Crippen LogP contribution >= 0.6 is 0 Å². The van der Waals surface area contributed by atoms with E-state index in [2.05, 4.69) is 0 Å². The normalized spacial score (nSPS) is 10.8. The van der Waals surface area contributed by atoms with Crippen LogP contribution in [0.4, 0.5) is 4.39 Å². The number of hydrogen-bond acceptors (Lipinski definition) is 4. The van der Waals surface area contributed by atoms with E-state index in [1.807, 2.05) is 26.8 Å². The molecule has 0 aromatic heterocycles. The van der Waals surface area contributed by atoms with E-state index in [0.717, 1.165) is 22.8 Å². The summed E-state index contributed by atoms with van der Waals surface area (Å²) in [5.41, 5.74) is 3.98. The van der Waals surface area contributed by atoms with Crippen LogP contribution in [0.5, 0.6) is 5.75 Å². The van der Waals surface area contributed by atoms with Crippen LogP contribution in [-0.2, 0) is 9.53 Å². The monoisotopic (exact) mass is 356 g/mol. The van der Waals surface area contributed by atoms with E-state index in [0.29, 0.717) is 11.1 Å². The van der Waals surface area contributed by atoms with E-state index in [1.54, 1.807) is 12.1 Å². The number of esters is 1. The van der Waals surface area contributed by atoms with Gasteiger partial charge in [0.15, 0.2) is 18.2 Å². The molecule has 0 aliphatic carbocycles. The van der Waals surface area contributed by atoms with Crippen molar-refractivity contribution in [2.45, 2.75) is 20.8 Å². The van der Waals surface area contributed by atoms with Crippen LogP contribution in [0.25, 0.3) is 6.08 Å². The lowest BCUT2D eigenvalue weighted by Crippen LogP contribution is -2.14. The van der Waals surface area contributed by atoms with Crippen LogP contribution < -0.4 is 4.74 Å². The Labute approximate surface area is 152 Å². The molecule has 2 rings (SSSR count). The molecule has 0 aliphatic rings. The number of aryl methyl sites for hydroxylation is 3. The highest BCUT2D eigenvalue weighted by Gasteiger charge is 2.12. The van der Waals surface area contributed by atoms with Crippen molar-refractivity contribution in [3.05, 3.63) is 70.0 Å². The Kier molecular flexibility index (Phi) is 6.28. The number of methoxy groups -OCH3 is 1. The van der Waals surface area contributed by atoms with Crippen LogP contribution in [0, 0.1) is 26.6 Å². The second kappa shape index (κ2) is 8.43. The Morgan fingerprint density at radius 1 is 1.04 bits per heavy atom. The fourth-order valence-corrected chi connectivity index (χ4v) is 2.47. The summed E-state index contributed by atoms with van der Waals surface area (Å²) in [5.74, 6) is -1.33. The summed E-state index contributed by atoms with van der Waals surface area (Å²) in [6.07, 6.45) is 2.57. The Bertz CT molecular complexity index is 869. The van der Waals surface area contributed by atoms with Gasteiger partial charge >= 0.3 is 5.97 Å². The van der Waals surface area contributed by atoms with Gasteiger partial charge in [-0.2, -0.15) is 0 Å². The molecule has 0 saturated carbocycles. The maximum Gasteiger partial charge on any atom is 0.331 e. The molecule has 4 nitrogen and oxygen atoms in total. The number of ether oxygens (including phenoxy) is 2. The lowest BCUT2D eigenvalue weighted by molar-refractivity contribution is -0.136. The summed E-state index contributed by atoms with van der Waals surface area (Å²) in [6, 6.07) is 8.05. The summed E-state index contributed by atoms with van der Waals surface area (Å²) in [4.78, 5) is 24.0. The van der Waals surface area contributed by atoms with E-state index in [4.69, 9.17) is 9.47 Å². The van der Waals surface area contributed by atoms with E-state index in [-0.39, 0.29) is 18.1 Å².